The zero-order valence-electron chi connectivity index (χ0n) is 14.3. The predicted molar refractivity (Wildman–Crippen MR) is 103 cm³/mol. The smallest absolute Gasteiger partial charge is 0.238 e. The minimum Gasteiger partial charge on any atom is -0.325 e. The molecule has 2 amide bonds. The van der Waals surface area contributed by atoms with Crippen LogP contribution in [0.1, 0.15) is 6.92 Å². The van der Waals surface area contributed by atoms with Gasteiger partial charge in [-0.1, -0.05) is 6.07 Å². The van der Waals surface area contributed by atoms with Gasteiger partial charge in [0.1, 0.15) is 5.82 Å². The molecule has 0 saturated heterocycles. The second kappa shape index (κ2) is 8.98. The second-order valence-corrected chi connectivity index (χ2v) is 8.46. The summed E-state index contributed by atoms with van der Waals surface area (Å²) in [5, 5.41) is 9.67. The summed E-state index contributed by atoms with van der Waals surface area (Å²) in [5.41, 5.74) is 0.744. The molecule has 2 aromatic rings. The monoisotopic (exact) mass is 411 g/mol. The standard InChI is InChI=1S/C17H18FN3O4S2/c1-11(26-10-16(22)20-13-7-5-12(18)6-8-13)17(23)21-14-3-2-4-15(9-14)27(19,24)25/h2-9,11H,10H2,1H3,(H,20,22)(H,21,23)(H2,19,24,25). The van der Waals surface area contributed by atoms with Crippen molar-refractivity contribution < 1.29 is 22.4 Å². The molecule has 2 rings (SSSR count). The zero-order valence-corrected chi connectivity index (χ0v) is 15.9. The number of nitrogens with two attached hydrogens (primary N) is 1. The molecule has 4 N–H and O–H groups in total. The molecule has 0 aliphatic carbocycles. The molecular formula is C17H18FN3O4S2. The molecule has 0 spiro atoms. The molecule has 27 heavy (non-hydrogen) atoms. The molecule has 0 fully saturated rings. The highest BCUT2D eigenvalue weighted by molar-refractivity contribution is 8.01. The lowest BCUT2D eigenvalue weighted by Crippen LogP contribution is -2.25. The maximum absolute atomic E-state index is 12.8. The Bertz CT molecular complexity index is 933. The zero-order chi connectivity index (χ0) is 20.0. The van der Waals surface area contributed by atoms with Crippen molar-refractivity contribution >= 4 is 45.0 Å². The van der Waals surface area contributed by atoms with Crippen LogP contribution in [-0.4, -0.2) is 31.2 Å². The molecule has 0 saturated carbocycles. The third kappa shape index (κ3) is 6.66. The average Bonchev–Trinajstić information content (AvgIpc) is 2.61. The molecule has 0 aromatic heterocycles. The minimum absolute atomic E-state index is 0.0170. The van der Waals surface area contributed by atoms with Crippen molar-refractivity contribution in [3.63, 3.8) is 0 Å². The summed E-state index contributed by atoms with van der Waals surface area (Å²) in [6, 6.07) is 10.9. The van der Waals surface area contributed by atoms with Crippen LogP contribution in [0.15, 0.2) is 53.4 Å². The molecule has 144 valence electrons. The summed E-state index contributed by atoms with van der Waals surface area (Å²) in [6.45, 7) is 1.62. The second-order valence-electron chi connectivity index (χ2n) is 5.57. The van der Waals surface area contributed by atoms with Crippen LogP contribution in [0.5, 0.6) is 0 Å². The summed E-state index contributed by atoms with van der Waals surface area (Å²) < 4.78 is 35.5. The Morgan fingerprint density at radius 3 is 2.41 bits per heavy atom. The Morgan fingerprint density at radius 1 is 1.11 bits per heavy atom. The van der Waals surface area contributed by atoms with Gasteiger partial charge in [0.15, 0.2) is 0 Å². The number of halogens is 1. The van der Waals surface area contributed by atoms with Crippen molar-refractivity contribution in [2.24, 2.45) is 5.14 Å². The van der Waals surface area contributed by atoms with E-state index in [0.717, 1.165) is 11.8 Å². The highest BCUT2D eigenvalue weighted by atomic mass is 32.2. The van der Waals surface area contributed by atoms with Gasteiger partial charge in [0.2, 0.25) is 21.8 Å². The van der Waals surface area contributed by atoms with Gasteiger partial charge in [0.25, 0.3) is 0 Å². The molecule has 2 aromatic carbocycles. The van der Waals surface area contributed by atoms with Crippen LogP contribution in [0.4, 0.5) is 15.8 Å². The molecule has 0 bridgehead atoms. The Morgan fingerprint density at radius 2 is 1.78 bits per heavy atom. The third-order valence-electron chi connectivity index (χ3n) is 3.39. The molecule has 0 aliphatic heterocycles. The summed E-state index contributed by atoms with van der Waals surface area (Å²) >= 11 is 1.10. The van der Waals surface area contributed by atoms with E-state index in [1.165, 1.54) is 48.5 Å². The number of carbonyl (C=O) groups is 2. The summed E-state index contributed by atoms with van der Waals surface area (Å²) in [6.07, 6.45) is 0. The van der Waals surface area contributed by atoms with Gasteiger partial charge in [0, 0.05) is 11.4 Å². The van der Waals surface area contributed by atoms with Crippen LogP contribution in [0.2, 0.25) is 0 Å². The number of thioether (sulfide) groups is 1. The first kappa shape index (κ1) is 20.9. The molecule has 0 heterocycles. The van der Waals surface area contributed by atoms with Crippen molar-refractivity contribution in [3.8, 4) is 0 Å². The van der Waals surface area contributed by atoms with Gasteiger partial charge in [-0.05, 0) is 49.4 Å². The lowest BCUT2D eigenvalue weighted by molar-refractivity contribution is -0.115. The first-order valence-electron chi connectivity index (χ1n) is 7.76. The Balaban J connectivity index is 1.86. The molecule has 7 nitrogen and oxygen atoms in total. The maximum atomic E-state index is 12.8. The summed E-state index contributed by atoms with van der Waals surface area (Å²) in [4.78, 5) is 24.0. The first-order chi connectivity index (χ1) is 12.6. The predicted octanol–water partition coefficient (Wildman–Crippen LogP) is 2.17. The molecule has 1 unspecified atom stereocenters. The SMILES string of the molecule is CC(SCC(=O)Nc1ccc(F)cc1)C(=O)Nc1cccc(S(N)(=O)=O)c1. The van der Waals surface area contributed by atoms with Crippen LogP contribution in [0.25, 0.3) is 0 Å². The number of anilines is 2. The fourth-order valence-electron chi connectivity index (χ4n) is 2.00. The van der Waals surface area contributed by atoms with Crippen molar-refractivity contribution in [1.29, 1.82) is 0 Å². The molecule has 0 radical (unpaired) electrons. The van der Waals surface area contributed by atoms with Crippen molar-refractivity contribution in [2.45, 2.75) is 17.1 Å². The molecule has 10 heteroatoms. The van der Waals surface area contributed by atoms with E-state index in [1.807, 2.05) is 0 Å². The van der Waals surface area contributed by atoms with E-state index in [2.05, 4.69) is 10.6 Å². The number of hydrogen-bond acceptors (Lipinski definition) is 5. The first-order valence-corrected chi connectivity index (χ1v) is 10.4. The van der Waals surface area contributed by atoms with Crippen molar-refractivity contribution in [3.05, 3.63) is 54.3 Å². The van der Waals surface area contributed by atoms with Crippen LogP contribution >= 0.6 is 11.8 Å². The highest BCUT2D eigenvalue weighted by Gasteiger charge is 2.16. The van der Waals surface area contributed by atoms with Crippen LogP contribution < -0.4 is 15.8 Å². The lowest BCUT2D eigenvalue weighted by atomic mass is 10.3. The Labute approximate surface area is 160 Å². The third-order valence-corrected chi connectivity index (χ3v) is 5.45. The number of rotatable bonds is 7. The number of carbonyl (C=O) groups excluding carboxylic acids is 2. The maximum Gasteiger partial charge on any atom is 0.238 e. The van der Waals surface area contributed by atoms with Crippen LogP contribution in [-0.2, 0) is 19.6 Å². The van der Waals surface area contributed by atoms with E-state index in [0.29, 0.717) is 5.69 Å². The van der Waals surface area contributed by atoms with E-state index in [9.17, 15) is 22.4 Å². The highest BCUT2D eigenvalue weighted by Crippen LogP contribution is 2.18. The van der Waals surface area contributed by atoms with Gasteiger partial charge in [-0.3, -0.25) is 9.59 Å². The van der Waals surface area contributed by atoms with E-state index in [1.54, 1.807) is 6.92 Å². The van der Waals surface area contributed by atoms with Gasteiger partial charge >= 0.3 is 0 Å². The molecule has 0 aliphatic rings. The Kier molecular flexibility index (Phi) is 6.94. The van der Waals surface area contributed by atoms with Gasteiger partial charge in [-0.25, -0.2) is 17.9 Å². The minimum atomic E-state index is -3.87. The fourth-order valence-corrected chi connectivity index (χ4v) is 3.24. The van der Waals surface area contributed by atoms with E-state index < -0.39 is 21.1 Å². The van der Waals surface area contributed by atoms with E-state index in [-0.39, 0.29) is 28.2 Å². The lowest BCUT2D eigenvalue weighted by Gasteiger charge is -2.12. The number of nitrogens with one attached hydrogen (secondary N) is 2. The van der Waals surface area contributed by atoms with Gasteiger partial charge in [-0.15, -0.1) is 11.8 Å². The number of benzene rings is 2. The average molecular weight is 411 g/mol. The van der Waals surface area contributed by atoms with Crippen molar-refractivity contribution in [1.82, 2.24) is 0 Å². The van der Waals surface area contributed by atoms with Crippen molar-refractivity contribution in [2.75, 3.05) is 16.4 Å². The van der Waals surface area contributed by atoms with Crippen LogP contribution in [0, 0.1) is 5.82 Å². The van der Waals surface area contributed by atoms with Gasteiger partial charge in [-0.2, -0.15) is 0 Å². The Hall–Kier alpha value is -2.43. The van der Waals surface area contributed by atoms with E-state index >= 15 is 0 Å². The summed E-state index contributed by atoms with van der Waals surface area (Å²) in [7, 11) is -3.87. The topological polar surface area (TPSA) is 118 Å². The number of hydrogen-bond donors (Lipinski definition) is 3. The van der Waals surface area contributed by atoms with Gasteiger partial charge in [0.05, 0.1) is 15.9 Å². The quantitative estimate of drug-likeness (QED) is 0.645. The van der Waals surface area contributed by atoms with Crippen LogP contribution in [0.3, 0.4) is 0 Å². The number of primary sulfonamides is 1. The fraction of sp³-hybridized carbons (Fsp3) is 0.176. The number of sulfonamides is 1. The van der Waals surface area contributed by atoms with Gasteiger partial charge < -0.3 is 10.6 Å². The largest absolute Gasteiger partial charge is 0.325 e. The molecule has 1 atom stereocenters. The van der Waals surface area contributed by atoms with E-state index in [4.69, 9.17) is 5.14 Å². The molecular weight excluding hydrogens is 393 g/mol. The number of amides is 2. The summed E-state index contributed by atoms with van der Waals surface area (Å²) in [5.74, 6) is -1.11. The normalized spacial score (nSPS) is 12.3.